The second-order valence-electron chi connectivity index (χ2n) is 3.61. The fourth-order valence-electron chi connectivity index (χ4n) is 1.64. The SMILES string of the molecule is O=C1CC(S(=O)(=O)F)CN1c1c(Cl)ncnc1Cl. The Kier molecular flexibility index (Phi) is 3.43. The third kappa shape index (κ3) is 2.40. The van der Waals surface area contributed by atoms with Crippen molar-refractivity contribution in [2.75, 3.05) is 11.4 Å². The number of hydrogen-bond acceptors (Lipinski definition) is 5. The number of anilines is 1. The van der Waals surface area contributed by atoms with Crippen LogP contribution in [0.3, 0.4) is 0 Å². The van der Waals surface area contributed by atoms with Crippen LogP contribution in [0.1, 0.15) is 6.42 Å². The normalized spacial score (nSPS) is 20.5. The lowest BCUT2D eigenvalue weighted by molar-refractivity contribution is -0.117. The standard InChI is InChI=1S/C8H6Cl2FN3O3S/c9-7-6(8(10)13-3-12-7)14-2-4(1-5(14)15)18(11,16)17/h3-4H,1-2H2. The summed E-state index contributed by atoms with van der Waals surface area (Å²) in [6.45, 7) is -0.357. The predicted octanol–water partition coefficient (Wildman–Crippen LogP) is 1.19. The fourth-order valence-corrected chi connectivity index (χ4v) is 2.83. The number of carbonyl (C=O) groups is 1. The summed E-state index contributed by atoms with van der Waals surface area (Å²) < 4.78 is 34.4. The first-order valence-corrected chi connectivity index (χ1v) is 6.91. The maximum Gasteiger partial charge on any atom is 0.307 e. The van der Waals surface area contributed by atoms with Gasteiger partial charge in [0.05, 0.1) is 0 Å². The third-order valence-electron chi connectivity index (χ3n) is 2.49. The fraction of sp³-hybridized carbons (Fsp3) is 0.375. The van der Waals surface area contributed by atoms with Crippen molar-refractivity contribution < 1.29 is 17.1 Å². The Bertz CT molecular complexity index is 589. The summed E-state index contributed by atoms with van der Waals surface area (Å²) in [4.78, 5) is 19.9. The second-order valence-corrected chi connectivity index (χ2v) is 5.94. The molecule has 10 heteroatoms. The van der Waals surface area contributed by atoms with Gasteiger partial charge in [0.2, 0.25) is 5.91 Å². The molecule has 98 valence electrons. The number of nitrogens with zero attached hydrogens (tertiary/aromatic N) is 3. The van der Waals surface area contributed by atoms with Gasteiger partial charge in [-0.3, -0.25) is 4.79 Å². The van der Waals surface area contributed by atoms with Gasteiger partial charge >= 0.3 is 10.2 Å². The summed E-state index contributed by atoms with van der Waals surface area (Å²) in [6, 6.07) is 0. The molecule has 0 spiro atoms. The van der Waals surface area contributed by atoms with E-state index < -0.39 is 27.8 Å². The van der Waals surface area contributed by atoms with Gasteiger partial charge in [-0.05, 0) is 0 Å². The molecular formula is C8H6Cl2FN3O3S. The largest absolute Gasteiger partial charge is 0.307 e. The van der Waals surface area contributed by atoms with Gasteiger partial charge in [0.1, 0.15) is 17.3 Å². The highest BCUT2D eigenvalue weighted by Gasteiger charge is 2.40. The zero-order chi connectivity index (χ0) is 13.5. The van der Waals surface area contributed by atoms with Crippen molar-refractivity contribution in [3.63, 3.8) is 0 Å². The van der Waals surface area contributed by atoms with Crippen LogP contribution in [0.25, 0.3) is 0 Å². The summed E-state index contributed by atoms with van der Waals surface area (Å²) in [5, 5.41) is -1.61. The third-order valence-corrected chi connectivity index (χ3v) is 4.16. The molecule has 1 fully saturated rings. The Morgan fingerprint density at radius 2 is 1.89 bits per heavy atom. The molecule has 1 aliphatic heterocycles. The van der Waals surface area contributed by atoms with E-state index in [9.17, 15) is 17.1 Å². The molecule has 1 saturated heterocycles. The lowest BCUT2D eigenvalue weighted by Gasteiger charge is -2.17. The molecule has 0 radical (unpaired) electrons. The first kappa shape index (κ1) is 13.4. The molecule has 1 aromatic heterocycles. The summed E-state index contributed by atoms with van der Waals surface area (Å²) in [5.74, 6) is -0.597. The molecule has 1 amide bonds. The van der Waals surface area contributed by atoms with E-state index in [-0.39, 0.29) is 22.5 Å². The highest BCUT2D eigenvalue weighted by Crippen LogP contribution is 2.34. The van der Waals surface area contributed by atoms with Crippen molar-refractivity contribution in [3.8, 4) is 0 Å². The topological polar surface area (TPSA) is 80.2 Å². The van der Waals surface area contributed by atoms with E-state index >= 15 is 0 Å². The average Bonchev–Trinajstić information content (AvgIpc) is 2.60. The number of amides is 1. The minimum absolute atomic E-state index is 0.00279. The quantitative estimate of drug-likeness (QED) is 0.605. The minimum Gasteiger partial charge on any atom is -0.306 e. The van der Waals surface area contributed by atoms with Gasteiger partial charge in [-0.1, -0.05) is 23.2 Å². The molecule has 1 unspecified atom stereocenters. The lowest BCUT2D eigenvalue weighted by atomic mass is 10.4. The average molecular weight is 314 g/mol. The van der Waals surface area contributed by atoms with Crippen molar-refractivity contribution in [2.45, 2.75) is 11.7 Å². The molecular weight excluding hydrogens is 308 g/mol. The van der Waals surface area contributed by atoms with Gasteiger partial charge in [0, 0.05) is 13.0 Å². The van der Waals surface area contributed by atoms with Crippen molar-refractivity contribution in [1.29, 1.82) is 0 Å². The van der Waals surface area contributed by atoms with Gasteiger partial charge < -0.3 is 4.90 Å². The van der Waals surface area contributed by atoms with Gasteiger partial charge in [-0.2, -0.15) is 8.42 Å². The smallest absolute Gasteiger partial charge is 0.306 e. The van der Waals surface area contributed by atoms with Gasteiger partial charge in [0.25, 0.3) is 0 Å². The summed E-state index contributed by atoms with van der Waals surface area (Å²) in [6.07, 6.45) is 0.637. The highest BCUT2D eigenvalue weighted by atomic mass is 35.5. The van der Waals surface area contributed by atoms with E-state index in [1.54, 1.807) is 0 Å². The van der Waals surface area contributed by atoms with Crippen LogP contribution in [0.4, 0.5) is 9.57 Å². The van der Waals surface area contributed by atoms with Crippen LogP contribution in [0.2, 0.25) is 10.3 Å². The lowest BCUT2D eigenvalue weighted by Crippen LogP contribution is -2.27. The predicted molar refractivity (Wildman–Crippen MR) is 62.8 cm³/mol. The highest BCUT2D eigenvalue weighted by molar-refractivity contribution is 7.87. The van der Waals surface area contributed by atoms with Crippen LogP contribution in [0, 0.1) is 0 Å². The van der Waals surface area contributed by atoms with Gasteiger partial charge in [0.15, 0.2) is 10.3 Å². The minimum atomic E-state index is -4.79. The molecule has 1 aromatic rings. The Labute approximate surface area is 112 Å². The Balaban J connectivity index is 2.39. The number of hydrogen-bond donors (Lipinski definition) is 0. The Morgan fingerprint density at radius 3 is 2.33 bits per heavy atom. The molecule has 1 atom stereocenters. The maximum atomic E-state index is 12.9. The monoisotopic (exact) mass is 313 g/mol. The first-order chi connectivity index (χ1) is 8.30. The van der Waals surface area contributed by atoms with E-state index in [4.69, 9.17) is 23.2 Å². The number of rotatable bonds is 2. The van der Waals surface area contributed by atoms with Crippen LogP contribution in [0.5, 0.6) is 0 Å². The Morgan fingerprint density at radius 1 is 1.33 bits per heavy atom. The molecule has 18 heavy (non-hydrogen) atoms. The zero-order valence-electron chi connectivity index (χ0n) is 8.68. The first-order valence-electron chi connectivity index (χ1n) is 4.70. The molecule has 0 N–H and O–H groups in total. The van der Waals surface area contributed by atoms with Crippen LogP contribution in [0.15, 0.2) is 6.33 Å². The van der Waals surface area contributed by atoms with Crippen molar-refractivity contribution in [2.24, 2.45) is 0 Å². The second kappa shape index (κ2) is 4.60. The van der Waals surface area contributed by atoms with Gasteiger partial charge in [-0.15, -0.1) is 3.89 Å². The van der Waals surface area contributed by atoms with E-state index in [2.05, 4.69) is 9.97 Å². The number of carbonyl (C=O) groups excluding carboxylic acids is 1. The van der Waals surface area contributed by atoms with E-state index in [1.165, 1.54) is 0 Å². The molecule has 0 aliphatic carbocycles. The maximum absolute atomic E-state index is 12.9. The number of aromatic nitrogens is 2. The molecule has 0 saturated carbocycles. The van der Waals surface area contributed by atoms with Crippen LogP contribution in [-0.2, 0) is 15.0 Å². The molecule has 2 rings (SSSR count). The molecule has 6 nitrogen and oxygen atoms in total. The van der Waals surface area contributed by atoms with E-state index in [0.29, 0.717) is 0 Å². The summed E-state index contributed by atoms with van der Waals surface area (Å²) >= 11 is 11.5. The molecule has 0 bridgehead atoms. The molecule has 1 aliphatic rings. The Hall–Kier alpha value is -0.990. The molecule has 2 heterocycles. The van der Waals surface area contributed by atoms with Gasteiger partial charge in [-0.25, -0.2) is 9.97 Å². The zero-order valence-corrected chi connectivity index (χ0v) is 11.0. The van der Waals surface area contributed by atoms with Crippen LogP contribution >= 0.6 is 23.2 Å². The van der Waals surface area contributed by atoms with Crippen LogP contribution < -0.4 is 4.90 Å². The van der Waals surface area contributed by atoms with Crippen LogP contribution in [-0.4, -0.2) is 36.1 Å². The van der Waals surface area contributed by atoms with E-state index in [1.807, 2.05) is 0 Å². The van der Waals surface area contributed by atoms with Crippen molar-refractivity contribution in [1.82, 2.24) is 9.97 Å². The van der Waals surface area contributed by atoms with Crippen molar-refractivity contribution in [3.05, 3.63) is 16.6 Å². The summed E-state index contributed by atoms with van der Waals surface area (Å²) in [7, 11) is -4.79. The van der Waals surface area contributed by atoms with Crippen molar-refractivity contribution >= 4 is 45.0 Å². The van der Waals surface area contributed by atoms with E-state index in [0.717, 1.165) is 11.2 Å². The summed E-state index contributed by atoms with van der Waals surface area (Å²) in [5.41, 5.74) is -0.00279. The number of halogens is 3. The molecule has 0 aromatic carbocycles.